The molecular weight excluding hydrogens is 226 g/mol. The van der Waals surface area contributed by atoms with Crippen molar-refractivity contribution in [1.29, 1.82) is 0 Å². The molecule has 0 aromatic rings. The van der Waals surface area contributed by atoms with Crippen molar-refractivity contribution in [2.75, 3.05) is 0 Å². The van der Waals surface area contributed by atoms with Gasteiger partial charge in [0.2, 0.25) is 5.91 Å². The molecule has 3 heteroatoms. The zero-order valence-electron chi connectivity index (χ0n) is 12.7. The van der Waals surface area contributed by atoms with Crippen LogP contribution in [0.3, 0.4) is 0 Å². The summed E-state index contributed by atoms with van der Waals surface area (Å²) in [5, 5.41) is 3.16. The van der Waals surface area contributed by atoms with Crippen molar-refractivity contribution in [2.45, 2.75) is 78.6 Å². The maximum Gasteiger partial charge on any atom is 0.225 e. The first-order valence-corrected chi connectivity index (χ1v) is 7.17. The highest BCUT2D eigenvalue weighted by atomic mass is 16.5. The van der Waals surface area contributed by atoms with E-state index in [0.717, 1.165) is 18.8 Å². The van der Waals surface area contributed by atoms with Crippen LogP contribution >= 0.6 is 0 Å². The van der Waals surface area contributed by atoms with E-state index in [9.17, 15) is 4.79 Å². The first-order chi connectivity index (χ1) is 8.19. The van der Waals surface area contributed by atoms with E-state index in [1.54, 1.807) is 0 Å². The largest absolute Gasteiger partial charge is 0.372 e. The fourth-order valence-corrected chi connectivity index (χ4v) is 2.54. The summed E-state index contributed by atoms with van der Waals surface area (Å²) in [6, 6.07) is 0.372. The number of rotatable bonds is 4. The second-order valence-electron chi connectivity index (χ2n) is 6.85. The van der Waals surface area contributed by atoms with Gasteiger partial charge in [-0.05, 0) is 52.9 Å². The molecule has 18 heavy (non-hydrogen) atoms. The predicted molar refractivity (Wildman–Crippen MR) is 74.4 cm³/mol. The van der Waals surface area contributed by atoms with Crippen LogP contribution in [0.15, 0.2) is 0 Å². The van der Waals surface area contributed by atoms with E-state index in [-0.39, 0.29) is 23.5 Å². The summed E-state index contributed by atoms with van der Waals surface area (Å²) < 4.78 is 5.85. The predicted octanol–water partition coefficient (Wildman–Crippen LogP) is 3.13. The van der Waals surface area contributed by atoms with Crippen LogP contribution in [0.5, 0.6) is 0 Å². The van der Waals surface area contributed by atoms with Gasteiger partial charge in [0.25, 0.3) is 0 Å². The van der Waals surface area contributed by atoms with Gasteiger partial charge in [-0.2, -0.15) is 0 Å². The SMILES string of the molecule is CC1CCC(NC(=O)[C@@H](C)C(C)OC(C)(C)C)C1. The standard InChI is InChI=1S/C15H29NO2/c1-10-7-8-13(9-10)16-14(17)11(2)12(3)18-15(4,5)6/h10-13H,7-9H2,1-6H3,(H,16,17)/t10?,11-,12?,13?/m0/s1. The monoisotopic (exact) mass is 255 g/mol. The molecular formula is C15H29NO2. The molecule has 4 atom stereocenters. The summed E-state index contributed by atoms with van der Waals surface area (Å²) >= 11 is 0. The number of hydrogen-bond acceptors (Lipinski definition) is 2. The van der Waals surface area contributed by atoms with Crippen molar-refractivity contribution in [3.8, 4) is 0 Å². The number of carbonyl (C=O) groups excluding carboxylic acids is 1. The quantitative estimate of drug-likeness (QED) is 0.838. The second kappa shape index (κ2) is 6.05. The Bertz CT molecular complexity index is 283. The molecule has 0 heterocycles. The van der Waals surface area contributed by atoms with Crippen LogP contribution in [0.1, 0.15) is 60.8 Å². The molecule has 1 rings (SSSR count). The molecule has 1 aliphatic rings. The maximum absolute atomic E-state index is 12.1. The molecule has 1 fully saturated rings. The Morgan fingerprint density at radius 3 is 2.33 bits per heavy atom. The normalized spacial score (nSPS) is 27.9. The van der Waals surface area contributed by atoms with Gasteiger partial charge in [0, 0.05) is 6.04 Å². The highest BCUT2D eigenvalue weighted by Gasteiger charge is 2.28. The molecule has 3 unspecified atom stereocenters. The van der Waals surface area contributed by atoms with Crippen molar-refractivity contribution in [3.63, 3.8) is 0 Å². The molecule has 1 saturated carbocycles. The van der Waals surface area contributed by atoms with Crippen molar-refractivity contribution < 1.29 is 9.53 Å². The highest BCUT2D eigenvalue weighted by Crippen LogP contribution is 2.25. The van der Waals surface area contributed by atoms with Gasteiger partial charge < -0.3 is 10.1 Å². The molecule has 1 N–H and O–H groups in total. The first kappa shape index (κ1) is 15.5. The number of carbonyl (C=O) groups is 1. The van der Waals surface area contributed by atoms with E-state index in [1.807, 2.05) is 34.6 Å². The molecule has 1 amide bonds. The van der Waals surface area contributed by atoms with Gasteiger partial charge in [-0.3, -0.25) is 4.79 Å². The Labute approximate surface area is 112 Å². The van der Waals surface area contributed by atoms with Crippen molar-refractivity contribution >= 4 is 5.91 Å². The number of nitrogens with one attached hydrogen (secondary N) is 1. The lowest BCUT2D eigenvalue weighted by Crippen LogP contribution is -2.42. The summed E-state index contributed by atoms with van der Waals surface area (Å²) in [5.74, 6) is 0.778. The Hall–Kier alpha value is -0.570. The molecule has 0 aliphatic heterocycles. The minimum absolute atomic E-state index is 0.0520. The van der Waals surface area contributed by atoms with E-state index >= 15 is 0 Å². The fourth-order valence-electron chi connectivity index (χ4n) is 2.54. The maximum atomic E-state index is 12.1. The van der Waals surface area contributed by atoms with Gasteiger partial charge in [0.1, 0.15) is 0 Å². The van der Waals surface area contributed by atoms with E-state index in [0.29, 0.717) is 6.04 Å². The molecule has 0 saturated heterocycles. The number of hydrogen-bond donors (Lipinski definition) is 1. The van der Waals surface area contributed by atoms with Crippen molar-refractivity contribution in [1.82, 2.24) is 5.32 Å². The topological polar surface area (TPSA) is 38.3 Å². The van der Waals surface area contributed by atoms with Crippen LogP contribution in [0.25, 0.3) is 0 Å². The molecule has 0 bridgehead atoms. The Balaban J connectivity index is 2.41. The van der Waals surface area contributed by atoms with Crippen molar-refractivity contribution in [2.24, 2.45) is 11.8 Å². The van der Waals surface area contributed by atoms with Gasteiger partial charge in [-0.1, -0.05) is 13.8 Å². The third-order valence-corrected chi connectivity index (χ3v) is 3.70. The van der Waals surface area contributed by atoms with Gasteiger partial charge in [0.15, 0.2) is 0 Å². The minimum Gasteiger partial charge on any atom is -0.372 e. The lowest BCUT2D eigenvalue weighted by molar-refractivity contribution is -0.135. The summed E-state index contributed by atoms with van der Waals surface area (Å²) in [6.45, 7) is 12.2. The molecule has 106 valence electrons. The van der Waals surface area contributed by atoms with E-state index in [4.69, 9.17) is 4.74 Å². The Morgan fingerprint density at radius 1 is 1.28 bits per heavy atom. The molecule has 3 nitrogen and oxygen atoms in total. The average molecular weight is 255 g/mol. The van der Waals surface area contributed by atoms with Gasteiger partial charge >= 0.3 is 0 Å². The average Bonchev–Trinajstić information content (AvgIpc) is 2.60. The Morgan fingerprint density at radius 2 is 1.89 bits per heavy atom. The molecule has 0 aromatic carbocycles. The summed E-state index contributed by atoms with van der Waals surface area (Å²) in [4.78, 5) is 12.1. The minimum atomic E-state index is -0.199. The molecule has 1 aliphatic carbocycles. The lowest BCUT2D eigenvalue weighted by Gasteiger charge is -2.29. The summed E-state index contributed by atoms with van der Waals surface area (Å²) in [7, 11) is 0. The van der Waals surface area contributed by atoms with Crippen LogP contribution in [-0.2, 0) is 9.53 Å². The zero-order valence-corrected chi connectivity index (χ0v) is 12.7. The second-order valence-corrected chi connectivity index (χ2v) is 6.85. The number of amides is 1. The van der Waals surface area contributed by atoms with Crippen LogP contribution in [0, 0.1) is 11.8 Å². The highest BCUT2D eigenvalue weighted by molar-refractivity contribution is 5.79. The third kappa shape index (κ3) is 4.97. The van der Waals surface area contributed by atoms with Crippen LogP contribution in [-0.4, -0.2) is 23.7 Å². The first-order valence-electron chi connectivity index (χ1n) is 7.17. The van der Waals surface area contributed by atoms with Gasteiger partial charge in [0.05, 0.1) is 17.6 Å². The van der Waals surface area contributed by atoms with Gasteiger partial charge in [-0.15, -0.1) is 0 Å². The third-order valence-electron chi connectivity index (χ3n) is 3.70. The molecule has 0 spiro atoms. The van der Waals surface area contributed by atoms with Gasteiger partial charge in [-0.25, -0.2) is 0 Å². The smallest absolute Gasteiger partial charge is 0.225 e. The fraction of sp³-hybridized carbons (Fsp3) is 0.933. The van der Waals surface area contributed by atoms with E-state index < -0.39 is 0 Å². The lowest BCUT2D eigenvalue weighted by atomic mass is 10.0. The van der Waals surface area contributed by atoms with Crippen LogP contribution < -0.4 is 5.32 Å². The zero-order chi connectivity index (χ0) is 13.9. The van der Waals surface area contributed by atoms with Crippen LogP contribution in [0.2, 0.25) is 0 Å². The molecule has 0 radical (unpaired) electrons. The number of ether oxygens (including phenoxy) is 1. The summed E-state index contributed by atoms with van der Waals surface area (Å²) in [5.41, 5.74) is -0.199. The molecule has 0 aromatic heterocycles. The summed E-state index contributed by atoms with van der Waals surface area (Å²) in [6.07, 6.45) is 3.41. The van der Waals surface area contributed by atoms with Crippen molar-refractivity contribution in [3.05, 3.63) is 0 Å². The van der Waals surface area contributed by atoms with Crippen LogP contribution in [0.4, 0.5) is 0 Å². The Kier molecular flexibility index (Phi) is 5.20. The van der Waals surface area contributed by atoms with E-state index in [2.05, 4.69) is 12.2 Å². The van der Waals surface area contributed by atoms with E-state index in [1.165, 1.54) is 6.42 Å².